The molecule has 2 atom stereocenters. The van der Waals surface area contributed by atoms with Crippen LogP contribution in [0, 0.1) is 0 Å². The van der Waals surface area contributed by atoms with Crippen LogP contribution < -0.4 is 15.2 Å². The number of halogens is 1. The van der Waals surface area contributed by atoms with Gasteiger partial charge in [-0.3, -0.25) is 0 Å². The molecule has 2 aliphatic rings. The van der Waals surface area contributed by atoms with Crippen LogP contribution in [0.2, 0.25) is 5.02 Å². The molecule has 2 heterocycles. The molecule has 104 valence electrons. The fourth-order valence-corrected chi connectivity index (χ4v) is 2.53. The Labute approximate surface area is 116 Å². The Morgan fingerprint density at radius 1 is 1.11 bits per heavy atom. The zero-order chi connectivity index (χ0) is 13.2. The van der Waals surface area contributed by atoms with Crippen LogP contribution in [0.3, 0.4) is 0 Å². The van der Waals surface area contributed by atoms with Gasteiger partial charge in [0.2, 0.25) is 0 Å². The summed E-state index contributed by atoms with van der Waals surface area (Å²) in [5, 5.41) is 0.561. The maximum atomic E-state index is 6.26. The molecule has 0 radical (unpaired) electrons. The first-order valence-corrected chi connectivity index (χ1v) is 6.67. The topological polar surface area (TPSA) is 62.9 Å². The number of hydrogen-bond donors (Lipinski definition) is 1. The van der Waals surface area contributed by atoms with Gasteiger partial charge in [0.25, 0.3) is 0 Å². The Bertz CT molecular complexity index is 462. The van der Waals surface area contributed by atoms with Crippen molar-refractivity contribution in [2.75, 3.05) is 33.0 Å². The molecule has 0 saturated carbocycles. The molecule has 6 heteroatoms. The summed E-state index contributed by atoms with van der Waals surface area (Å²) in [7, 11) is 0. The Kier molecular flexibility index (Phi) is 3.79. The van der Waals surface area contributed by atoms with Gasteiger partial charge in [-0.2, -0.15) is 0 Å². The van der Waals surface area contributed by atoms with Crippen LogP contribution in [-0.2, 0) is 9.47 Å². The summed E-state index contributed by atoms with van der Waals surface area (Å²) in [6.45, 7) is 2.71. The highest BCUT2D eigenvalue weighted by atomic mass is 35.5. The molecule has 19 heavy (non-hydrogen) atoms. The Hall–Kier alpha value is -1.01. The molecular weight excluding hydrogens is 270 g/mol. The molecule has 0 bridgehead atoms. The summed E-state index contributed by atoms with van der Waals surface area (Å²) in [4.78, 5) is 0. The van der Waals surface area contributed by atoms with Gasteiger partial charge in [-0.05, 0) is 11.6 Å². The number of ether oxygens (including phenoxy) is 4. The van der Waals surface area contributed by atoms with Crippen LogP contribution in [0.4, 0.5) is 0 Å². The highest BCUT2D eigenvalue weighted by Crippen LogP contribution is 2.38. The van der Waals surface area contributed by atoms with Crippen molar-refractivity contribution in [2.24, 2.45) is 5.73 Å². The van der Waals surface area contributed by atoms with Gasteiger partial charge in [0, 0.05) is 11.1 Å². The van der Waals surface area contributed by atoms with Gasteiger partial charge in [0.15, 0.2) is 11.5 Å². The second kappa shape index (κ2) is 5.54. The highest BCUT2D eigenvalue weighted by molar-refractivity contribution is 6.31. The maximum absolute atomic E-state index is 6.26. The standard InChI is InChI=1S/C13H16ClNO4/c14-9-6-11-10(17-3-4-18-11)5-8(9)13(15)12-7-16-1-2-19-12/h5-6,12-13H,1-4,7,15H2. The summed E-state index contributed by atoms with van der Waals surface area (Å²) in [6.07, 6.45) is -0.186. The normalized spacial score (nSPS) is 24.0. The molecule has 5 nitrogen and oxygen atoms in total. The molecule has 1 aromatic carbocycles. The van der Waals surface area contributed by atoms with Gasteiger partial charge < -0.3 is 24.7 Å². The van der Waals surface area contributed by atoms with Gasteiger partial charge >= 0.3 is 0 Å². The summed E-state index contributed by atoms with van der Waals surface area (Å²) in [5.74, 6) is 1.34. The summed E-state index contributed by atoms with van der Waals surface area (Å²) >= 11 is 6.26. The van der Waals surface area contributed by atoms with E-state index in [-0.39, 0.29) is 12.1 Å². The van der Waals surface area contributed by atoms with E-state index in [0.717, 1.165) is 5.56 Å². The van der Waals surface area contributed by atoms with Gasteiger partial charge in [-0.25, -0.2) is 0 Å². The van der Waals surface area contributed by atoms with Crippen molar-refractivity contribution in [3.8, 4) is 11.5 Å². The van der Waals surface area contributed by atoms with Crippen molar-refractivity contribution >= 4 is 11.6 Å². The lowest BCUT2D eigenvalue weighted by molar-refractivity contribution is -0.0975. The van der Waals surface area contributed by atoms with Crippen LogP contribution in [0.1, 0.15) is 11.6 Å². The SMILES string of the molecule is NC(c1cc2c(cc1Cl)OCCO2)C1COCCO1. The third-order valence-electron chi connectivity index (χ3n) is 3.26. The lowest BCUT2D eigenvalue weighted by atomic mass is 10.0. The molecule has 2 aliphatic heterocycles. The van der Waals surface area contributed by atoms with Crippen molar-refractivity contribution in [3.05, 3.63) is 22.7 Å². The Balaban J connectivity index is 1.86. The predicted molar refractivity (Wildman–Crippen MR) is 69.9 cm³/mol. The molecular formula is C13H16ClNO4. The molecule has 1 saturated heterocycles. The first-order valence-electron chi connectivity index (χ1n) is 6.29. The Morgan fingerprint density at radius 2 is 1.84 bits per heavy atom. The van der Waals surface area contributed by atoms with Crippen LogP contribution in [0.5, 0.6) is 11.5 Å². The zero-order valence-corrected chi connectivity index (χ0v) is 11.2. The minimum atomic E-state index is -0.344. The first-order chi connectivity index (χ1) is 9.25. The average Bonchev–Trinajstić information content (AvgIpc) is 2.47. The summed E-state index contributed by atoms with van der Waals surface area (Å²) < 4.78 is 22.0. The molecule has 2 N–H and O–H groups in total. The largest absolute Gasteiger partial charge is 0.486 e. The van der Waals surface area contributed by atoms with E-state index in [1.807, 2.05) is 6.07 Å². The van der Waals surface area contributed by atoms with E-state index in [0.29, 0.717) is 49.6 Å². The molecule has 0 aliphatic carbocycles. The van der Waals surface area contributed by atoms with Gasteiger partial charge in [0.1, 0.15) is 19.3 Å². The fourth-order valence-electron chi connectivity index (χ4n) is 2.25. The second-order valence-corrected chi connectivity index (χ2v) is 4.93. The van der Waals surface area contributed by atoms with Crippen molar-refractivity contribution in [1.29, 1.82) is 0 Å². The molecule has 1 aromatic rings. The van der Waals surface area contributed by atoms with Gasteiger partial charge in [-0.15, -0.1) is 0 Å². The third-order valence-corrected chi connectivity index (χ3v) is 3.59. The average molecular weight is 286 g/mol. The molecule has 2 unspecified atom stereocenters. The maximum Gasteiger partial charge on any atom is 0.162 e. The first kappa shape index (κ1) is 13.0. The molecule has 3 rings (SSSR count). The van der Waals surface area contributed by atoms with Crippen molar-refractivity contribution < 1.29 is 18.9 Å². The molecule has 0 amide bonds. The predicted octanol–water partition coefficient (Wildman–Crippen LogP) is 1.53. The van der Waals surface area contributed by atoms with E-state index in [1.165, 1.54) is 0 Å². The molecule has 0 aromatic heterocycles. The minimum absolute atomic E-state index is 0.186. The minimum Gasteiger partial charge on any atom is -0.486 e. The second-order valence-electron chi connectivity index (χ2n) is 4.53. The lowest BCUT2D eigenvalue weighted by Gasteiger charge is -2.29. The van der Waals surface area contributed by atoms with Crippen molar-refractivity contribution in [2.45, 2.75) is 12.1 Å². The molecule has 1 fully saturated rings. The van der Waals surface area contributed by atoms with E-state index in [1.54, 1.807) is 6.07 Å². The van der Waals surface area contributed by atoms with Crippen molar-refractivity contribution in [3.63, 3.8) is 0 Å². The summed E-state index contributed by atoms with van der Waals surface area (Å²) in [6, 6.07) is 3.23. The molecule has 0 spiro atoms. The number of benzene rings is 1. The smallest absolute Gasteiger partial charge is 0.162 e. The van der Waals surface area contributed by atoms with E-state index in [4.69, 9.17) is 36.3 Å². The van der Waals surface area contributed by atoms with Crippen LogP contribution in [0.25, 0.3) is 0 Å². The monoisotopic (exact) mass is 285 g/mol. The fraction of sp³-hybridized carbons (Fsp3) is 0.538. The zero-order valence-electron chi connectivity index (χ0n) is 10.4. The lowest BCUT2D eigenvalue weighted by Crippen LogP contribution is -2.38. The van der Waals surface area contributed by atoms with E-state index < -0.39 is 0 Å². The van der Waals surface area contributed by atoms with E-state index >= 15 is 0 Å². The van der Waals surface area contributed by atoms with E-state index in [2.05, 4.69) is 0 Å². The van der Waals surface area contributed by atoms with Crippen LogP contribution >= 0.6 is 11.6 Å². The Morgan fingerprint density at radius 3 is 2.53 bits per heavy atom. The van der Waals surface area contributed by atoms with Crippen molar-refractivity contribution in [1.82, 2.24) is 0 Å². The highest BCUT2D eigenvalue weighted by Gasteiger charge is 2.27. The van der Waals surface area contributed by atoms with E-state index in [9.17, 15) is 0 Å². The van der Waals surface area contributed by atoms with Crippen LogP contribution in [-0.4, -0.2) is 39.1 Å². The number of nitrogens with two attached hydrogens (primary N) is 1. The third kappa shape index (κ3) is 2.65. The van der Waals surface area contributed by atoms with Gasteiger partial charge in [0.05, 0.1) is 25.9 Å². The quantitative estimate of drug-likeness (QED) is 0.893. The van der Waals surface area contributed by atoms with Gasteiger partial charge in [-0.1, -0.05) is 11.6 Å². The number of rotatable bonds is 2. The number of hydrogen-bond acceptors (Lipinski definition) is 5. The number of fused-ring (bicyclic) bond motifs is 1. The van der Waals surface area contributed by atoms with Crippen LogP contribution in [0.15, 0.2) is 12.1 Å². The summed E-state index contributed by atoms with van der Waals surface area (Å²) in [5.41, 5.74) is 7.01.